The van der Waals surface area contributed by atoms with Crippen molar-refractivity contribution in [1.82, 2.24) is 4.98 Å². The van der Waals surface area contributed by atoms with Gasteiger partial charge >= 0.3 is 0 Å². The van der Waals surface area contributed by atoms with E-state index in [4.69, 9.17) is 16.3 Å². The summed E-state index contributed by atoms with van der Waals surface area (Å²) in [5.74, 6) is -0.934. The van der Waals surface area contributed by atoms with Crippen LogP contribution < -0.4 is 9.64 Å². The number of carbonyl (C=O) groups excluding carboxylic acids is 2. The summed E-state index contributed by atoms with van der Waals surface area (Å²) in [5.41, 5.74) is 3.13. The van der Waals surface area contributed by atoms with Crippen LogP contribution in [-0.4, -0.2) is 28.9 Å². The molecule has 0 bridgehead atoms. The Morgan fingerprint density at radius 2 is 1.91 bits per heavy atom. The molecule has 1 aliphatic heterocycles. The first-order valence-electron chi connectivity index (χ1n) is 10.9. The number of halogens is 1. The minimum absolute atomic E-state index is 0.000878. The SMILES string of the molecule is COc1cc(C)c(/C(O)=C2\C(=O)C(=O)N(c3cccc(Cl)c3)C2c2cccnc2)cc1C(C)C. The number of hydrogen-bond donors (Lipinski definition) is 1. The van der Waals surface area contributed by atoms with Gasteiger partial charge in [0.2, 0.25) is 0 Å². The number of ether oxygens (including phenoxy) is 1. The molecule has 0 saturated carbocycles. The third-order valence-electron chi connectivity index (χ3n) is 5.98. The van der Waals surface area contributed by atoms with Crippen LogP contribution >= 0.6 is 11.6 Å². The summed E-state index contributed by atoms with van der Waals surface area (Å²) in [6, 6.07) is 13.0. The lowest BCUT2D eigenvalue weighted by atomic mass is 9.91. The zero-order chi connectivity index (χ0) is 24.6. The molecule has 1 saturated heterocycles. The Morgan fingerprint density at radius 3 is 2.53 bits per heavy atom. The van der Waals surface area contributed by atoms with E-state index in [1.807, 2.05) is 32.9 Å². The minimum atomic E-state index is -0.865. The smallest absolute Gasteiger partial charge is 0.300 e. The quantitative estimate of drug-likeness (QED) is 0.286. The van der Waals surface area contributed by atoms with Gasteiger partial charge in [-0.05, 0) is 65.9 Å². The minimum Gasteiger partial charge on any atom is -0.507 e. The Labute approximate surface area is 203 Å². The average Bonchev–Trinajstić information content (AvgIpc) is 3.09. The number of nitrogens with zero attached hydrogens (tertiary/aromatic N) is 2. The molecule has 6 nitrogen and oxygen atoms in total. The van der Waals surface area contributed by atoms with Gasteiger partial charge in [-0.1, -0.05) is 37.6 Å². The van der Waals surface area contributed by atoms with E-state index in [-0.39, 0.29) is 17.3 Å². The number of anilines is 1. The summed E-state index contributed by atoms with van der Waals surface area (Å²) in [5, 5.41) is 11.9. The molecule has 1 atom stereocenters. The highest BCUT2D eigenvalue weighted by Gasteiger charge is 2.47. The standard InChI is InChI=1S/C27H25ClN2O4/c1-15(2)20-13-21(16(3)11-22(20)34-4)25(31)23-24(17-7-6-10-29-14-17)30(27(33)26(23)32)19-9-5-8-18(28)12-19/h5-15,24,31H,1-4H3/b25-23+. The highest BCUT2D eigenvalue weighted by atomic mass is 35.5. The summed E-state index contributed by atoms with van der Waals surface area (Å²) in [4.78, 5) is 32.1. The number of Topliss-reactive ketones (excluding diaryl/α,β-unsaturated/α-hetero) is 1. The van der Waals surface area contributed by atoms with E-state index < -0.39 is 17.7 Å². The molecule has 7 heteroatoms. The van der Waals surface area contributed by atoms with Crippen LogP contribution in [0.25, 0.3) is 5.76 Å². The van der Waals surface area contributed by atoms with Gasteiger partial charge in [-0.2, -0.15) is 0 Å². The largest absolute Gasteiger partial charge is 0.507 e. The zero-order valence-corrected chi connectivity index (χ0v) is 20.1. The van der Waals surface area contributed by atoms with Crippen LogP contribution in [0.5, 0.6) is 5.75 Å². The summed E-state index contributed by atoms with van der Waals surface area (Å²) in [6.07, 6.45) is 3.19. The van der Waals surface area contributed by atoms with Crippen molar-refractivity contribution < 1.29 is 19.4 Å². The predicted octanol–water partition coefficient (Wildman–Crippen LogP) is 5.80. The molecule has 2 aromatic carbocycles. The lowest BCUT2D eigenvalue weighted by molar-refractivity contribution is -0.132. The lowest BCUT2D eigenvalue weighted by Crippen LogP contribution is -2.29. The number of methoxy groups -OCH3 is 1. The molecule has 1 unspecified atom stereocenters. The second-order valence-corrected chi connectivity index (χ2v) is 8.94. The summed E-state index contributed by atoms with van der Waals surface area (Å²) in [6.45, 7) is 5.86. The monoisotopic (exact) mass is 476 g/mol. The fourth-order valence-corrected chi connectivity index (χ4v) is 4.49. The van der Waals surface area contributed by atoms with Crippen LogP contribution in [0.2, 0.25) is 5.02 Å². The maximum absolute atomic E-state index is 13.3. The highest BCUT2D eigenvalue weighted by molar-refractivity contribution is 6.51. The van der Waals surface area contributed by atoms with Gasteiger partial charge in [0.1, 0.15) is 11.5 Å². The first-order chi connectivity index (χ1) is 16.2. The third kappa shape index (κ3) is 4.05. The fourth-order valence-electron chi connectivity index (χ4n) is 4.30. The number of benzene rings is 2. The molecule has 4 rings (SSSR count). The van der Waals surface area contributed by atoms with Crippen molar-refractivity contribution in [3.63, 3.8) is 0 Å². The van der Waals surface area contributed by atoms with E-state index in [0.717, 1.165) is 11.1 Å². The molecule has 1 aromatic heterocycles. The van der Waals surface area contributed by atoms with E-state index in [2.05, 4.69) is 4.98 Å². The molecular weight excluding hydrogens is 452 g/mol. The molecule has 2 heterocycles. The molecule has 34 heavy (non-hydrogen) atoms. The van der Waals surface area contributed by atoms with Crippen LogP contribution in [-0.2, 0) is 9.59 Å². The van der Waals surface area contributed by atoms with Crippen molar-refractivity contribution in [3.05, 3.63) is 93.8 Å². The molecule has 174 valence electrons. The van der Waals surface area contributed by atoms with Gasteiger partial charge in [-0.25, -0.2) is 0 Å². The average molecular weight is 477 g/mol. The van der Waals surface area contributed by atoms with Crippen molar-refractivity contribution >= 4 is 34.7 Å². The van der Waals surface area contributed by atoms with Crippen molar-refractivity contribution in [2.45, 2.75) is 32.7 Å². The van der Waals surface area contributed by atoms with Crippen LogP contribution in [0, 0.1) is 6.92 Å². The number of aliphatic hydroxyl groups is 1. The normalized spacial score (nSPS) is 17.5. The van der Waals surface area contributed by atoms with Gasteiger partial charge in [-0.15, -0.1) is 0 Å². The third-order valence-corrected chi connectivity index (χ3v) is 6.22. The van der Waals surface area contributed by atoms with Gasteiger partial charge < -0.3 is 9.84 Å². The second kappa shape index (κ2) is 9.31. The summed E-state index contributed by atoms with van der Waals surface area (Å²) < 4.78 is 5.51. The van der Waals surface area contributed by atoms with Crippen molar-refractivity contribution in [2.24, 2.45) is 0 Å². The summed E-state index contributed by atoms with van der Waals surface area (Å²) >= 11 is 6.18. The van der Waals surface area contributed by atoms with E-state index >= 15 is 0 Å². The Hall–Kier alpha value is -3.64. The molecule has 0 spiro atoms. The molecule has 3 aromatic rings. The molecular formula is C27H25ClN2O4. The number of pyridine rings is 1. The number of aryl methyl sites for hydroxylation is 1. The van der Waals surface area contributed by atoms with E-state index in [1.165, 1.54) is 4.90 Å². The van der Waals surface area contributed by atoms with Crippen molar-refractivity contribution in [2.75, 3.05) is 12.0 Å². The lowest BCUT2D eigenvalue weighted by Gasteiger charge is -2.25. The fraction of sp³-hybridized carbons (Fsp3) is 0.222. The first-order valence-corrected chi connectivity index (χ1v) is 11.3. The number of aromatic nitrogens is 1. The first kappa shape index (κ1) is 23.5. The number of ketones is 1. The van der Waals surface area contributed by atoms with Gasteiger partial charge in [-0.3, -0.25) is 19.5 Å². The predicted molar refractivity (Wildman–Crippen MR) is 132 cm³/mol. The van der Waals surface area contributed by atoms with Gasteiger partial charge in [0, 0.05) is 28.7 Å². The highest BCUT2D eigenvalue weighted by Crippen LogP contribution is 2.43. The van der Waals surface area contributed by atoms with Gasteiger partial charge in [0.05, 0.1) is 18.7 Å². The molecule has 1 aliphatic rings. The topological polar surface area (TPSA) is 79.7 Å². The Kier molecular flexibility index (Phi) is 6.44. The molecule has 1 fully saturated rings. The van der Waals surface area contributed by atoms with E-state index in [1.54, 1.807) is 55.9 Å². The van der Waals surface area contributed by atoms with Gasteiger partial charge in [0.15, 0.2) is 0 Å². The van der Waals surface area contributed by atoms with E-state index in [9.17, 15) is 14.7 Å². The Balaban J connectivity index is 1.98. The summed E-state index contributed by atoms with van der Waals surface area (Å²) in [7, 11) is 1.60. The molecule has 1 amide bonds. The van der Waals surface area contributed by atoms with Crippen molar-refractivity contribution in [3.8, 4) is 5.75 Å². The van der Waals surface area contributed by atoms with Crippen molar-refractivity contribution in [1.29, 1.82) is 0 Å². The number of amides is 1. The zero-order valence-electron chi connectivity index (χ0n) is 19.4. The number of rotatable bonds is 5. The van der Waals surface area contributed by atoms with Gasteiger partial charge in [0.25, 0.3) is 11.7 Å². The Morgan fingerprint density at radius 1 is 1.15 bits per heavy atom. The molecule has 1 N–H and O–H groups in total. The van der Waals surface area contributed by atoms with Crippen LogP contribution in [0.1, 0.15) is 48.1 Å². The maximum Gasteiger partial charge on any atom is 0.300 e. The van der Waals surface area contributed by atoms with E-state index in [0.29, 0.717) is 27.6 Å². The number of aliphatic hydroxyl groups excluding tert-OH is 1. The number of hydrogen-bond acceptors (Lipinski definition) is 5. The number of carbonyl (C=O) groups is 2. The van der Waals surface area contributed by atoms with Crippen LogP contribution in [0.3, 0.4) is 0 Å². The second-order valence-electron chi connectivity index (χ2n) is 8.50. The molecule has 0 aliphatic carbocycles. The van der Waals surface area contributed by atoms with Crippen LogP contribution in [0.4, 0.5) is 5.69 Å². The Bertz CT molecular complexity index is 1300. The van der Waals surface area contributed by atoms with Crippen LogP contribution in [0.15, 0.2) is 66.5 Å². The maximum atomic E-state index is 13.3. The molecule has 0 radical (unpaired) electrons.